The van der Waals surface area contributed by atoms with Crippen molar-refractivity contribution in [2.45, 2.75) is 52.1 Å². The Morgan fingerprint density at radius 2 is 2.19 bits per heavy atom. The Kier molecular flexibility index (Phi) is 5.68. The lowest BCUT2D eigenvalue weighted by Gasteiger charge is -2.14. The number of ether oxygens (including phenoxy) is 1. The van der Waals surface area contributed by atoms with E-state index in [2.05, 4.69) is 18.8 Å². The summed E-state index contributed by atoms with van der Waals surface area (Å²) < 4.78 is 5.76. The van der Waals surface area contributed by atoms with Crippen molar-refractivity contribution in [2.75, 3.05) is 5.73 Å². The summed E-state index contributed by atoms with van der Waals surface area (Å²) in [5.74, 6) is 1.33. The van der Waals surface area contributed by atoms with Crippen molar-refractivity contribution in [3.05, 3.63) is 18.3 Å². The predicted octanol–water partition coefficient (Wildman–Crippen LogP) is 3.40. The van der Waals surface area contributed by atoms with E-state index in [0.29, 0.717) is 5.82 Å². The first-order valence-corrected chi connectivity index (χ1v) is 6.10. The molecule has 1 unspecified atom stereocenters. The number of rotatable bonds is 7. The number of aromatic nitrogens is 1. The Morgan fingerprint density at radius 3 is 2.88 bits per heavy atom. The first kappa shape index (κ1) is 12.8. The van der Waals surface area contributed by atoms with Crippen LogP contribution in [0.4, 0.5) is 5.82 Å². The number of unbranched alkanes of at least 4 members (excludes halogenated alkanes) is 3. The zero-order valence-corrected chi connectivity index (χ0v) is 10.3. The summed E-state index contributed by atoms with van der Waals surface area (Å²) in [6.45, 7) is 4.32. The third-order valence-corrected chi connectivity index (χ3v) is 2.55. The number of hydrogen-bond donors (Lipinski definition) is 1. The molecule has 1 heterocycles. The fourth-order valence-corrected chi connectivity index (χ4v) is 1.65. The molecule has 1 atom stereocenters. The smallest absolute Gasteiger partial charge is 0.126 e. The second-order valence-electron chi connectivity index (χ2n) is 4.19. The van der Waals surface area contributed by atoms with Gasteiger partial charge in [-0.3, -0.25) is 0 Å². The first-order chi connectivity index (χ1) is 7.72. The van der Waals surface area contributed by atoms with Crippen molar-refractivity contribution < 1.29 is 4.74 Å². The fourth-order valence-electron chi connectivity index (χ4n) is 1.65. The van der Waals surface area contributed by atoms with Gasteiger partial charge in [0.25, 0.3) is 0 Å². The molecule has 16 heavy (non-hydrogen) atoms. The van der Waals surface area contributed by atoms with E-state index in [1.165, 1.54) is 25.7 Å². The van der Waals surface area contributed by atoms with Crippen LogP contribution in [0.15, 0.2) is 18.3 Å². The Balaban J connectivity index is 2.25. The SMILES string of the molecule is CCCCCCC(C)Oc1ccnc(N)c1. The van der Waals surface area contributed by atoms with Crippen molar-refractivity contribution in [3.63, 3.8) is 0 Å². The minimum atomic E-state index is 0.249. The van der Waals surface area contributed by atoms with Crippen LogP contribution in [0.2, 0.25) is 0 Å². The van der Waals surface area contributed by atoms with Crippen molar-refractivity contribution >= 4 is 5.82 Å². The van der Waals surface area contributed by atoms with Gasteiger partial charge >= 0.3 is 0 Å². The minimum Gasteiger partial charge on any atom is -0.491 e. The van der Waals surface area contributed by atoms with E-state index in [1.54, 1.807) is 12.3 Å². The van der Waals surface area contributed by atoms with Crippen molar-refractivity contribution in [3.8, 4) is 5.75 Å². The highest BCUT2D eigenvalue weighted by molar-refractivity contribution is 5.35. The summed E-state index contributed by atoms with van der Waals surface area (Å²) in [7, 11) is 0. The molecule has 0 amide bonds. The lowest BCUT2D eigenvalue weighted by Crippen LogP contribution is -2.11. The van der Waals surface area contributed by atoms with E-state index in [0.717, 1.165) is 12.2 Å². The van der Waals surface area contributed by atoms with Gasteiger partial charge in [0.05, 0.1) is 6.10 Å². The average molecular weight is 222 g/mol. The van der Waals surface area contributed by atoms with Crippen molar-refractivity contribution in [2.24, 2.45) is 0 Å². The van der Waals surface area contributed by atoms with Gasteiger partial charge in [-0.2, -0.15) is 0 Å². The number of pyridine rings is 1. The van der Waals surface area contributed by atoms with E-state index in [1.807, 2.05) is 6.07 Å². The third kappa shape index (κ3) is 5.01. The third-order valence-electron chi connectivity index (χ3n) is 2.55. The van der Waals surface area contributed by atoms with E-state index < -0.39 is 0 Å². The van der Waals surface area contributed by atoms with Crippen LogP contribution in [-0.2, 0) is 0 Å². The molecule has 1 aromatic rings. The topological polar surface area (TPSA) is 48.1 Å². The molecule has 0 saturated carbocycles. The predicted molar refractivity (Wildman–Crippen MR) is 67.5 cm³/mol. The lowest BCUT2D eigenvalue weighted by atomic mass is 10.1. The number of anilines is 1. The van der Waals surface area contributed by atoms with E-state index in [-0.39, 0.29) is 6.10 Å². The molecule has 1 rings (SSSR count). The van der Waals surface area contributed by atoms with Crippen LogP contribution in [0.5, 0.6) is 5.75 Å². The summed E-state index contributed by atoms with van der Waals surface area (Å²) in [5.41, 5.74) is 5.58. The van der Waals surface area contributed by atoms with E-state index in [9.17, 15) is 0 Å². The van der Waals surface area contributed by atoms with Crippen LogP contribution in [0.25, 0.3) is 0 Å². The summed E-state index contributed by atoms with van der Waals surface area (Å²) in [6.07, 6.45) is 8.14. The largest absolute Gasteiger partial charge is 0.491 e. The monoisotopic (exact) mass is 222 g/mol. The van der Waals surface area contributed by atoms with Crippen LogP contribution in [0.3, 0.4) is 0 Å². The Hall–Kier alpha value is -1.25. The van der Waals surface area contributed by atoms with Gasteiger partial charge in [-0.1, -0.05) is 26.2 Å². The van der Waals surface area contributed by atoms with Gasteiger partial charge in [0, 0.05) is 12.3 Å². The zero-order chi connectivity index (χ0) is 11.8. The molecule has 0 radical (unpaired) electrons. The van der Waals surface area contributed by atoms with E-state index >= 15 is 0 Å². The quantitative estimate of drug-likeness (QED) is 0.719. The van der Waals surface area contributed by atoms with Crippen molar-refractivity contribution in [1.82, 2.24) is 4.98 Å². The van der Waals surface area contributed by atoms with Crippen molar-refractivity contribution in [1.29, 1.82) is 0 Å². The van der Waals surface area contributed by atoms with Gasteiger partial charge in [-0.15, -0.1) is 0 Å². The molecule has 0 spiro atoms. The molecule has 3 nitrogen and oxygen atoms in total. The number of nitrogen functional groups attached to an aromatic ring is 1. The maximum absolute atomic E-state index is 5.76. The van der Waals surface area contributed by atoms with Crippen LogP contribution in [0.1, 0.15) is 46.0 Å². The maximum atomic E-state index is 5.76. The minimum absolute atomic E-state index is 0.249. The fraction of sp³-hybridized carbons (Fsp3) is 0.615. The van der Waals surface area contributed by atoms with Crippen LogP contribution < -0.4 is 10.5 Å². The molecule has 0 bridgehead atoms. The second-order valence-corrected chi connectivity index (χ2v) is 4.19. The normalized spacial score (nSPS) is 12.4. The average Bonchev–Trinajstić information content (AvgIpc) is 2.24. The van der Waals surface area contributed by atoms with Gasteiger partial charge in [0.15, 0.2) is 0 Å². The molecule has 0 saturated heterocycles. The molecule has 0 fully saturated rings. The number of hydrogen-bond acceptors (Lipinski definition) is 3. The second kappa shape index (κ2) is 7.09. The van der Waals surface area contributed by atoms with Gasteiger partial charge in [0.1, 0.15) is 11.6 Å². The molecule has 1 aromatic heterocycles. The molecular formula is C13H22N2O. The first-order valence-electron chi connectivity index (χ1n) is 6.10. The number of nitrogens with two attached hydrogens (primary N) is 1. The highest BCUT2D eigenvalue weighted by Gasteiger charge is 2.04. The standard InChI is InChI=1S/C13H22N2O/c1-3-4-5-6-7-11(2)16-12-8-9-15-13(14)10-12/h8-11H,3-7H2,1-2H3,(H2,14,15). The molecule has 2 N–H and O–H groups in total. The summed E-state index contributed by atoms with van der Waals surface area (Å²) in [4.78, 5) is 3.93. The summed E-state index contributed by atoms with van der Waals surface area (Å²) >= 11 is 0. The van der Waals surface area contributed by atoms with Gasteiger partial charge in [-0.05, 0) is 25.8 Å². The van der Waals surface area contributed by atoms with Gasteiger partial charge in [0.2, 0.25) is 0 Å². The zero-order valence-electron chi connectivity index (χ0n) is 10.3. The maximum Gasteiger partial charge on any atom is 0.126 e. The van der Waals surface area contributed by atoms with Crippen LogP contribution in [0, 0.1) is 0 Å². The Morgan fingerprint density at radius 1 is 1.38 bits per heavy atom. The molecule has 0 aliphatic heterocycles. The van der Waals surface area contributed by atoms with Crippen LogP contribution in [-0.4, -0.2) is 11.1 Å². The Labute approximate surface area is 98.0 Å². The lowest BCUT2D eigenvalue weighted by molar-refractivity contribution is 0.206. The molecule has 0 aromatic carbocycles. The van der Waals surface area contributed by atoms with Gasteiger partial charge in [-0.25, -0.2) is 4.98 Å². The highest BCUT2D eigenvalue weighted by Crippen LogP contribution is 2.16. The molecule has 3 heteroatoms. The number of nitrogens with zero attached hydrogens (tertiary/aromatic N) is 1. The molecular weight excluding hydrogens is 200 g/mol. The molecule has 0 aliphatic rings. The highest BCUT2D eigenvalue weighted by atomic mass is 16.5. The summed E-state index contributed by atoms with van der Waals surface area (Å²) in [5, 5.41) is 0. The molecule has 0 aliphatic carbocycles. The van der Waals surface area contributed by atoms with Gasteiger partial charge < -0.3 is 10.5 Å². The van der Waals surface area contributed by atoms with Crippen LogP contribution >= 0.6 is 0 Å². The summed E-state index contributed by atoms with van der Waals surface area (Å²) in [6, 6.07) is 3.61. The Bertz CT molecular complexity index is 302. The van der Waals surface area contributed by atoms with E-state index in [4.69, 9.17) is 10.5 Å². The molecule has 90 valence electrons.